The maximum atomic E-state index is 12.6. The first-order valence-electron chi connectivity index (χ1n) is 7.38. The number of hydrogen-bond acceptors (Lipinski definition) is 3. The van der Waals surface area contributed by atoms with Gasteiger partial charge in [-0.3, -0.25) is 10.1 Å². The molecule has 3 rings (SSSR count). The van der Waals surface area contributed by atoms with Gasteiger partial charge in [0.1, 0.15) is 0 Å². The van der Waals surface area contributed by atoms with Crippen molar-refractivity contribution in [2.24, 2.45) is 5.92 Å². The maximum absolute atomic E-state index is 12.6. The molecule has 0 aromatic rings. The zero-order chi connectivity index (χ0) is 12.6. The lowest BCUT2D eigenvalue weighted by molar-refractivity contribution is -0.133. The Balaban J connectivity index is 1.59. The van der Waals surface area contributed by atoms with Crippen LogP contribution in [-0.2, 0) is 9.53 Å². The van der Waals surface area contributed by atoms with E-state index >= 15 is 0 Å². The van der Waals surface area contributed by atoms with Gasteiger partial charge in [-0.2, -0.15) is 0 Å². The lowest BCUT2D eigenvalue weighted by Crippen LogP contribution is -2.44. The van der Waals surface area contributed by atoms with E-state index in [4.69, 9.17) is 4.74 Å². The van der Waals surface area contributed by atoms with Gasteiger partial charge in [0.15, 0.2) is 0 Å². The Morgan fingerprint density at radius 1 is 1.44 bits per heavy atom. The summed E-state index contributed by atoms with van der Waals surface area (Å²) in [6.07, 6.45) is 6.89. The minimum absolute atomic E-state index is 0.203. The summed E-state index contributed by atoms with van der Waals surface area (Å²) in [5.74, 6) is 1.01. The van der Waals surface area contributed by atoms with E-state index in [1.165, 1.54) is 12.8 Å². The van der Waals surface area contributed by atoms with Crippen molar-refractivity contribution in [1.82, 2.24) is 10.2 Å². The number of carbonyl (C=O) groups is 1. The lowest BCUT2D eigenvalue weighted by Gasteiger charge is -2.23. The highest BCUT2D eigenvalue weighted by Gasteiger charge is 2.50. The molecule has 18 heavy (non-hydrogen) atoms. The molecular formula is C14H24N2O2. The fraction of sp³-hybridized carbons (Fsp3) is 0.929. The van der Waals surface area contributed by atoms with E-state index in [-0.39, 0.29) is 11.7 Å². The molecule has 0 aromatic carbocycles. The Morgan fingerprint density at radius 2 is 2.22 bits per heavy atom. The summed E-state index contributed by atoms with van der Waals surface area (Å²) in [4.78, 5) is 14.6. The Bertz CT molecular complexity index is 320. The fourth-order valence-corrected chi connectivity index (χ4v) is 3.75. The first-order chi connectivity index (χ1) is 8.71. The number of ether oxygens (including phenoxy) is 1. The van der Waals surface area contributed by atoms with E-state index in [1.54, 1.807) is 0 Å². The minimum Gasteiger partial charge on any atom is -0.381 e. The summed E-state index contributed by atoms with van der Waals surface area (Å²) in [6.45, 7) is 4.80. The zero-order valence-electron chi connectivity index (χ0n) is 11.3. The molecule has 2 aliphatic heterocycles. The van der Waals surface area contributed by atoms with E-state index in [9.17, 15) is 4.79 Å². The lowest BCUT2D eigenvalue weighted by atomic mass is 9.97. The van der Waals surface area contributed by atoms with E-state index in [0.29, 0.717) is 11.8 Å². The topological polar surface area (TPSA) is 41.6 Å². The standard InChI is InChI=1S/C14H24N2O2/c1-11-15-14(6-2-3-7-14)13(17)16(11)8-4-12-5-9-18-10-12/h11-12,15H,2-10H2,1H3. The molecule has 1 spiro atoms. The third-order valence-electron chi connectivity index (χ3n) is 4.88. The molecule has 0 radical (unpaired) electrons. The Hall–Kier alpha value is -0.610. The molecule has 2 atom stereocenters. The van der Waals surface area contributed by atoms with Gasteiger partial charge in [0.2, 0.25) is 5.91 Å². The van der Waals surface area contributed by atoms with Gasteiger partial charge in [-0.05, 0) is 38.5 Å². The third kappa shape index (κ3) is 2.05. The highest BCUT2D eigenvalue weighted by atomic mass is 16.5. The summed E-state index contributed by atoms with van der Waals surface area (Å²) in [5.41, 5.74) is -0.203. The van der Waals surface area contributed by atoms with Gasteiger partial charge < -0.3 is 9.64 Å². The van der Waals surface area contributed by atoms with Crippen LogP contribution >= 0.6 is 0 Å². The molecule has 4 heteroatoms. The molecule has 3 fully saturated rings. The summed E-state index contributed by atoms with van der Waals surface area (Å²) < 4.78 is 5.40. The Morgan fingerprint density at radius 3 is 2.89 bits per heavy atom. The highest BCUT2D eigenvalue weighted by molar-refractivity contribution is 5.89. The minimum atomic E-state index is -0.203. The smallest absolute Gasteiger partial charge is 0.244 e. The van der Waals surface area contributed by atoms with Gasteiger partial charge >= 0.3 is 0 Å². The number of nitrogens with one attached hydrogen (secondary N) is 1. The van der Waals surface area contributed by atoms with Crippen LogP contribution in [0.3, 0.4) is 0 Å². The monoisotopic (exact) mass is 252 g/mol. The van der Waals surface area contributed by atoms with Crippen molar-refractivity contribution in [2.45, 2.75) is 57.2 Å². The zero-order valence-corrected chi connectivity index (χ0v) is 11.3. The number of rotatable bonds is 3. The van der Waals surface area contributed by atoms with Crippen LogP contribution in [-0.4, -0.2) is 42.3 Å². The molecule has 2 unspecified atom stereocenters. The van der Waals surface area contributed by atoms with Crippen molar-refractivity contribution in [2.75, 3.05) is 19.8 Å². The largest absolute Gasteiger partial charge is 0.381 e. The molecule has 4 nitrogen and oxygen atoms in total. The number of carbonyl (C=O) groups excluding carboxylic acids is 1. The van der Waals surface area contributed by atoms with E-state index in [1.807, 2.05) is 0 Å². The second kappa shape index (κ2) is 4.82. The van der Waals surface area contributed by atoms with Crippen molar-refractivity contribution in [3.63, 3.8) is 0 Å². The molecule has 1 saturated carbocycles. The highest BCUT2D eigenvalue weighted by Crippen LogP contribution is 2.36. The van der Waals surface area contributed by atoms with Crippen LogP contribution in [0.2, 0.25) is 0 Å². The van der Waals surface area contributed by atoms with Crippen LogP contribution in [0.5, 0.6) is 0 Å². The summed E-state index contributed by atoms with van der Waals surface area (Å²) in [7, 11) is 0. The third-order valence-corrected chi connectivity index (χ3v) is 4.88. The average Bonchev–Trinajstić information content (AvgIpc) is 3.03. The fourth-order valence-electron chi connectivity index (χ4n) is 3.75. The van der Waals surface area contributed by atoms with Gasteiger partial charge in [-0.1, -0.05) is 12.8 Å². The molecule has 2 saturated heterocycles. The molecule has 102 valence electrons. The second-order valence-electron chi connectivity index (χ2n) is 6.13. The molecule has 1 N–H and O–H groups in total. The van der Waals surface area contributed by atoms with Crippen molar-refractivity contribution in [1.29, 1.82) is 0 Å². The van der Waals surface area contributed by atoms with Crippen LogP contribution in [0.25, 0.3) is 0 Å². The number of nitrogens with zero attached hydrogens (tertiary/aromatic N) is 1. The first kappa shape index (κ1) is 12.4. The van der Waals surface area contributed by atoms with Crippen molar-refractivity contribution in [3.05, 3.63) is 0 Å². The van der Waals surface area contributed by atoms with Crippen LogP contribution in [0.4, 0.5) is 0 Å². The van der Waals surface area contributed by atoms with Gasteiger partial charge in [-0.25, -0.2) is 0 Å². The van der Waals surface area contributed by atoms with Crippen LogP contribution in [0.1, 0.15) is 45.4 Å². The van der Waals surface area contributed by atoms with E-state index in [2.05, 4.69) is 17.1 Å². The van der Waals surface area contributed by atoms with Crippen molar-refractivity contribution in [3.8, 4) is 0 Å². The molecule has 1 amide bonds. The van der Waals surface area contributed by atoms with Gasteiger partial charge in [0.25, 0.3) is 0 Å². The van der Waals surface area contributed by atoms with Gasteiger partial charge in [0, 0.05) is 19.8 Å². The molecule has 1 aliphatic carbocycles. The van der Waals surface area contributed by atoms with Crippen LogP contribution in [0.15, 0.2) is 0 Å². The second-order valence-corrected chi connectivity index (χ2v) is 6.13. The maximum Gasteiger partial charge on any atom is 0.244 e. The van der Waals surface area contributed by atoms with Crippen LogP contribution in [0, 0.1) is 5.92 Å². The van der Waals surface area contributed by atoms with Gasteiger partial charge in [-0.15, -0.1) is 0 Å². The van der Waals surface area contributed by atoms with Gasteiger partial charge in [0.05, 0.1) is 11.7 Å². The normalized spacial score (nSPS) is 34.9. The predicted octanol–water partition coefficient (Wildman–Crippen LogP) is 1.50. The molecule has 0 aromatic heterocycles. The Kier molecular flexibility index (Phi) is 3.32. The summed E-state index contributed by atoms with van der Waals surface area (Å²) in [5, 5.41) is 3.55. The van der Waals surface area contributed by atoms with Crippen LogP contribution < -0.4 is 5.32 Å². The summed E-state index contributed by atoms with van der Waals surface area (Å²) >= 11 is 0. The molecule has 3 aliphatic rings. The molecular weight excluding hydrogens is 228 g/mol. The predicted molar refractivity (Wildman–Crippen MR) is 69.1 cm³/mol. The number of amides is 1. The van der Waals surface area contributed by atoms with Crippen molar-refractivity contribution < 1.29 is 9.53 Å². The average molecular weight is 252 g/mol. The number of hydrogen-bond donors (Lipinski definition) is 1. The van der Waals surface area contributed by atoms with E-state index < -0.39 is 0 Å². The van der Waals surface area contributed by atoms with E-state index in [0.717, 1.165) is 45.4 Å². The van der Waals surface area contributed by atoms with Crippen molar-refractivity contribution >= 4 is 5.91 Å². The quantitative estimate of drug-likeness (QED) is 0.827. The Labute approximate surface area is 109 Å². The molecule has 0 bridgehead atoms. The SMILES string of the molecule is CC1NC2(CCCC2)C(=O)N1CCC1CCOC1. The molecule has 2 heterocycles. The first-order valence-corrected chi connectivity index (χ1v) is 7.38. The summed E-state index contributed by atoms with van der Waals surface area (Å²) in [6, 6.07) is 0.